The number of benzene rings is 2. The van der Waals surface area contributed by atoms with Crippen molar-refractivity contribution in [1.29, 1.82) is 0 Å². The second kappa shape index (κ2) is 6.64. The van der Waals surface area contributed by atoms with Crippen molar-refractivity contribution in [2.45, 2.75) is 48.5 Å². The molecule has 24 heavy (non-hydrogen) atoms. The van der Waals surface area contributed by atoms with Crippen LogP contribution < -0.4 is 0 Å². The van der Waals surface area contributed by atoms with Gasteiger partial charge in [0, 0.05) is 5.56 Å². The third-order valence-corrected chi connectivity index (χ3v) is 5.19. The van der Waals surface area contributed by atoms with E-state index < -0.39 is 0 Å². The molecule has 0 aliphatic carbocycles. The van der Waals surface area contributed by atoms with Crippen molar-refractivity contribution in [1.82, 2.24) is 0 Å². The molecule has 0 spiro atoms. The van der Waals surface area contributed by atoms with E-state index in [0.717, 1.165) is 33.4 Å². The zero-order valence-corrected chi connectivity index (χ0v) is 15.7. The highest BCUT2D eigenvalue weighted by atomic mass is 16.3. The summed E-state index contributed by atoms with van der Waals surface area (Å²) in [6, 6.07) is 3.77. The second-order valence-corrected chi connectivity index (χ2v) is 6.70. The van der Waals surface area contributed by atoms with Crippen molar-refractivity contribution in [3.63, 3.8) is 0 Å². The molecular weight excluding hydrogens is 296 g/mol. The van der Waals surface area contributed by atoms with E-state index in [2.05, 4.69) is 20.8 Å². The molecule has 0 fully saturated rings. The van der Waals surface area contributed by atoms with Crippen molar-refractivity contribution < 1.29 is 9.90 Å². The van der Waals surface area contributed by atoms with Crippen LogP contribution in [-0.4, -0.2) is 10.9 Å². The minimum atomic E-state index is 0.0274. The quantitative estimate of drug-likeness (QED) is 0.603. The van der Waals surface area contributed by atoms with Crippen LogP contribution in [0.15, 0.2) is 18.2 Å². The van der Waals surface area contributed by atoms with Crippen LogP contribution in [0.1, 0.15) is 54.9 Å². The fraction of sp³-hybridized carbons (Fsp3) is 0.318. The van der Waals surface area contributed by atoms with E-state index in [0.29, 0.717) is 5.75 Å². The topological polar surface area (TPSA) is 37.3 Å². The zero-order valence-electron chi connectivity index (χ0n) is 15.7. The fourth-order valence-corrected chi connectivity index (χ4v) is 3.21. The Bertz CT molecular complexity index is 803. The molecule has 0 saturated heterocycles. The molecular formula is C22H26O2. The number of hydrogen-bond donors (Lipinski definition) is 1. The summed E-state index contributed by atoms with van der Waals surface area (Å²) in [6.07, 6.45) is 3.46. The van der Waals surface area contributed by atoms with E-state index in [9.17, 15) is 9.90 Å². The largest absolute Gasteiger partial charge is 0.507 e. The Balaban J connectivity index is 2.45. The minimum Gasteiger partial charge on any atom is -0.507 e. The van der Waals surface area contributed by atoms with Gasteiger partial charge in [-0.1, -0.05) is 6.08 Å². The molecule has 126 valence electrons. The van der Waals surface area contributed by atoms with E-state index in [-0.39, 0.29) is 5.78 Å². The summed E-state index contributed by atoms with van der Waals surface area (Å²) in [4.78, 5) is 12.8. The summed E-state index contributed by atoms with van der Waals surface area (Å²) in [5, 5.41) is 9.85. The van der Waals surface area contributed by atoms with E-state index in [1.54, 1.807) is 6.08 Å². The van der Waals surface area contributed by atoms with Crippen LogP contribution in [0.3, 0.4) is 0 Å². The van der Waals surface area contributed by atoms with E-state index in [1.807, 2.05) is 45.9 Å². The maximum absolute atomic E-state index is 12.8. The molecule has 2 heteroatoms. The first-order valence-electron chi connectivity index (χ1n) is 8.24. The van der Waals surface area contributed by atoms with Crippen molar-refractivity contribution >= 4 is 11.9 Å². The highest BCUT2D eigenvalue weighted by molar-refractivity contribution is 6.09. The summed E-state index contributed by atoms with van der Waals surface area (Å²) in [5.41, 5.74) is 9.11. The van der Waals surface area contributed by atoms with Gasteiger partial charge in [-0.2, -0.15) is 0 Å². The van der Waals surface area contributed by atoms with Crippen molar-refractivity contribution in [3.8, 4) is 5.75 Å². The number of carbonyl (C=O) groups excluding carboxylic acids is 1. The SMILES string of the molecule is Cc1cc(C=CC(=O)c2c(C)c(C)c(C)c(C)c2C)cc(C)c1O. The first-order chi connectivity index (χ1) is 11.1. The summed E-state index contributed by atoms with van der Waals surface area (Å²) >= 11 is 0. The van der Waals surface area contributed by atoms with Crippen LogP contribution >= 0.6 is 0 Å². The van der Waals surface area contributed by atoms with Crippen molar-refractivity contribution in [2.24, 2.45) is 0 Å². The van der Waals surface area contributed by atoms with E-state index >= 15 is 0 Å². The Morgan fingerprint density at radius 1 is 0.792 bits per heavy atom. The number of allylic oxidation sites excluding steroid dienone is 1. The summed E-state index contributed by atoms with van der Waals surface area (Å²) in [7, 11) is 0. The normalized spacial score (nSPS) is 11.3. The average molecular weight is 322 g/mol. The summed E-state index contributed by atoms with van der Waals surface area (Å²) in [6.45, 7) is 14.0. The summed E-state index contributed by atoms with van der Waals surface area (Å²) < 4.78 is 0. The number of ketones is 1. The highest BCUT2D eigenvalue weighted by Gasteiger charge is 2.16. The number of carbonyl (C=O) groups is 1. The van der Waals surface area contributed by atoms with Gasteiger partial charge in [0.2, 0.25) is 0 Å². The molecule has 2 rings (SSSR count). The number of hydrogen-bond acceptors (Lipinski definition) is 2. The van der Waals surface area contributed by atoms with Gasteiger partial charge in [-0.25, -0.2) is 0 Å². The van der Waals surface area contributed by atoms with Crippen LogP contribution in [0.4, 0.5) is 0 Å². The molecule has 0 aromatic heterocycles. The zero-order chi connectivity index (χ0) is 18.2. The molecule has 2 aromatic carbocycles. The molecule has 2 aromatic rings. The van der Waals surface area contributed by atoms with Gasteiger partial charge in [0.25, 0.3) is 0 Å². The maximum atomic E-state index is 12.8. The number of aromatic hydroxyl groups is 1. The van der Waals surface area contributed by atoms with E-state index in [1.165, 1.54) is 16.7 Å². The van der Waals surface area contributed by atoms with Crippen LogP contribution in [0.2, 0.25) is 0 Å². The summed E-state index contributed by atoms with van der Waals surface area (Å²) in [5.74, 6) is 0.342. The Hall–Kier alpha value is -2.35. The minimum absolute atomic E-state index is 0.0274. The molecule has 0 saturated carbocycles. The van der Waals surface area contributed by atoms with Crippen molar-refractivity contribution in [3.05, 3.63) is 68.3 Å². The lowest BCUT2D eigenvalue weighted by atomic mass is 9.87. The predicted octanol–water partition coefficient (Wildman–Crippen LogP) is 5.45. The molecule has 1 N–H and O–H groups in total. The molecule has 0 radical (unpaired) electrons. The van der Waals surface area contributed by atoms with Gasteiger partial charge in [0.05, 0.1) is 0 Å². The fourth-order valence-electron chi connectivity index (χ4n) is 3.21. The molecule has 0 amide bonds. The number of phenols is 1. The van der Waals surface area contributed by atoms with Crippen LogP contribution in [0.25, 0.3) is 6.08 Å². The van der Waals surface area contributed by atoms with Crippen LogP contribution in [0.5, 0.6) is 5.75 Å². The molecule has 0 aliphatic heterocycles. The molecule has 0 heterocycles. The first-order valence-corrected chi connectivity index (χ1v) is 8.24. The lowest BCUT2D eigenvalue weighted by Gasteiger charge is -2.16. The number of phenolic OH excluding ortho intramolecular Hbond substituents is 1. The Morgan fingerprint density at radius 3 is 1.67 bits per heavy atom. The average Bonchev–Trinajstić information content (AvgIpc) is 2.54. The lowest BCUT2D eigenvalue weighted by molar-refractivity contribution is 0.104. The van der Waals surface area contributed by atoms with Crippen LogP contribution in [-0.2, 0) is 0 Å². The standard InChI is InChI=1S/C22H26O2/c1-12-10-19(11-13(2)22(12)24)8-9-20(23)21-17(6)15(4)14(3)16(5)18(21)7/h8-11,24H,1-7H3. The molecule has 0 aliphatic rings. The smallest absolute Gasteiger partial charge is 0.186 e. The third kappa shape index (κ3) is 3.14. The highest BCUT2D eigenvalue weighted by Crippen LogP contribution is 2.27. The van der Waals surface area contributed by atoms with Gasteiger partial charge in [-0.05, 0) is 111 Å². The third-order valence-electron chi connectivity index (χ3n) is 5.19. The molecule has 0 bridgehead atoms. The monoisotopic (exact) mass is 322 g/mol. The first kappa shape index (κ1) is 18.0. The van der Waals surface area contributed by atoms with Gasteiger partial charge in [0.1, 0.15) is 5.75 Å². The Kier molecular flexibility index (Phi) is 4.98. The second-order valence-electron chi connectivity index (χ2n) is 6.70. The van der Waals surface area contributed by atoms with Gasteiger partial charge in [-0.3, -0.25) is 4.79 Å². The predicted molar refractivity (Wildman–Crippen MR) is 101 cm³/mol. The van der Waals surface area contributed by atoms with Crippen molar-refractivity contribution in [2.75, 3.05) is 0 Å². The number of rotatable bonds is 3. The molecule has 0 unspecified atom stereocenters. The van der Waals surface area contributed by atoms with Gasteiger partial charge < -0.3 is 5.11 Å². The van der Waals surface area contributed by atoms with Gasteiger partial charge in [-0.15, -0.1) is 0 Å². The van der Waals surface area contributed by atoms with E-state index in [4.69, 9.17) is 0 Å². The number of aryl methyl sites for hydroxylation is 2. The van der Waals surface area contributed by atoms with Gasteiger partial charge >= 0.3 is 0 Å². The molecule has 2 nitrogen and oxygen atoms in total. The lowest BCUT2D eigenvalue weighted by Crippen LogP contribution is -2.07. The van der Waals surface area contributed by atoms with Gasteiger partial charge in [0.15, 0.2) is 5.78 Å². The molecule has 0 atom stereocenters. The van der Waals surface area contributed by atoms with Crippen LogP contribution in [0, 0.1) is 48.5 Å². The Morgan fingerprint density at radius 2 is 1.21 bits per heavy atom. The maximum Gasteiger partial charge on any atom is 0.186 e. The Labute approximate surface area is 144 Å².